The smallest absolute Gasteiger partial charge is 0.133 e. The van der Waals surface area contributed by atoms with Gasteiger partial charge in [-0.05, 0) is 99.7 Å². The zero-order chi connectivity index (χ0) is 41.5. The summed E-state index contributed by atoms with van der Waals surface area (Å²) in [5.41, 5.74) is 13.3. The van der Waals surface area contributed by atoms with E-state index >= 15 is 0 Å². The Bertz CT molecular complexity index is 2440. The van der Waals surface area contributed by atoms with Crippen LogP contribution in [0.2, 0.25) is 0 Å². The summed E-state index contributed by atoms with van der Waals surface area (Å²) in [5, 5.41) is 6.22. The number of hydrogen-bond donors (Lipinski definition) is 1. The fourth-order valence-corrected chi connectivity index (χ4v) is 7.31. The van der Waals surface area contributed by atoms with Crippen LogP contribution in [0.1, 0.15) is 96.2 Å². The van der Waals surface area contributed by atoms with Crippen LogP contribution >= 0.6 is 0 Å². The van der Waals surface area contributed by atoms with Gasteiger partial charge in [-0.25, -0.2) is 0 Å². The molecule has 1 aliphatic heterocycles. The molecule has 3 heteroatoms. The number of allylic oxidation sites excluding steroid dienone is 3. The molecule has 0 radical (unpaired) electrons. The number of aliphatic imine (C=N–C) groups is 1. The van der Waals surface area contributed by atoms with Crippen molar-refractivity contribution >= 4 is 33.3 Å². The SMILES string of the molecule is C=C/C=C\C.CC.CC(C)(C)c1ccc2c(c1)c1cc(C(C)(C)C)ccc1n2-c1ccc(-c2cccc(C3C=C(c4ccccc4)NC(c4ccccc4)=N3)c2)cc1. The molecule has 7 aromatic rings. The van der Waals surface area contributed by atoms with Crippen molar-refractivity contribution < 1.29 is 0 Å². The highest BCUT2D eigenvalue weighted by molar-refractivity contribution is 6.10. The predicted octanol–water partition coefficient (Wildman–Crippen LogP) is 15.0. The molecule has 0 fully saturated rings. The molecular formula is C55H59N3. The van der Waals surface area contributed by atoms with Gasteiger partial charge in [0.1, 0.15) is 5.84 Å². The Morgan fingerprint density at radius 2 is 1.12 bits per heavy atom. The Labute approximate surface area is 347 Å². The predicted molar refractivity (Wildman–Crippen MR) is 253 cm³/mol. The third-order valence-electron chi connectivity index (χ3n) is 10.5. The van der Waals surface area contributed by atoms with Gasteiger partial charge in [0.15, 0.2) is 0 Å². The van der Waals surface area contributed by atoms with Crippen molar-refractivity contribution in [3.8, 4) is 16.8 Å². The van der Waals surface area contributed by atoms with Crippen molar-refractivity contribution in [1.82, 2.24) is 9.88 Å². The third kappa shape index (κ3) is 9.16. The van der Waals surface area contributed by atoms with Gasteiger partial charge in [0.25, 0.3) is 0 Å². The summed E-state index contributed by atoms with van der Waals surface area (Å²) < 4.78 is 2.43. The van der Waals surface area contributed by atoms with Crippen LogP contribution in [0, 0.1) is 0 Å². The molecule has 294 valence electrons. The molecule has 3 nitrogen and oxygen atoms in total. The number of nitrogens with one attached hydrogen (secondary N) is 1. The first kappa shape index (κ1) is 41.4. The average Bonchev–Trinajstić information content (AvgIpc) is 3.58. The summed E-state index contributed by atoms with van der Waals surface area (Å²) in [4.78, 5) is 5.21. The van der Waals surface area contributed by atoms with Crippen LogP contribution < -0.4 is 5.32 Å². The summed E-state index contributed by atoms with van der Waals surface area (Å²) >= 11 is 0. The van der Waals surface area contributed by atoms with E-state index in [1.54, 1.807) is 6.08 Å². The molecular weight excluding hydrogens is 703 g/mol. The van der Waals surface area contributed by atoms with E-state index in [0.29, 0.717) is 0 Å². The van der Waals surface area contributed by atoms with E-state index in [9.17, 15) is 0 Å². The molecule has 0 aliphatic carbocycles. The maximum absolute atomic E-state index is 5.21. The monoisotopic (exact) mass is 761 g/mol. The molecule has 1 unspecified atom stereocenters. The van der Waals surface area contributed by atoms with Gasteiger partial charge in [0, 0.05) is 27.7 Å². The first-order chi connectivity index (χ1) is 27.9. The number of aromatic nitrogens is 1. The molecule has 1 atom stereocenters. The lowest BCUT2D eigenvalue weighted by atomic mass is 9.85. The summed E-state index contributed by atoms with van der Waals surface area (Å²) in [6.07, 6.45) is 7.81. The third-order valence-corrected chi connectivity index (χ3v) is 10.5. The van der Waals surface area contributed by atoms with Crippen LogP contribution in [0.5, 0.6) is 0 Å². The zero-order valence-corrected chi connectivity index (χ0v) is 35.8. The van der Waals surface area contributed by atoms with Crippen molar-refractivity contribution in [2.45, 2.75) is 79.2 Å². The maximum atomic E-state index is 5.21. The van der Waals surface area contributed by atoms with Crippen molar-refractivity contribution in [2.24, 2.45) is 4.99 Å². The molecule has 6 aromatic carbocycles. The van der Waals surface area contributed by atoms with E-state index in [1.807, 2.05) is 39.0 Å². The van der Waals surface area contributed by atoms with Crippen LogP contribution in [0.4, 0.5) is 0 Å². The highest BCUT2D eigenvalue weighted by atomic mass is 15.0. The van der Waals surface area contributed by atoms with Crippen LogP contribution in [-0.4, -0.2) is 10.4 Å². The minimum atomic E-state index is -0.121. The normalized spacial score (nSPS) is 14.1. The Hall–Kier alpha value is -6.19. The Kier molecular flexibility index (Phi) is 12.8. The lowest BCUT2D eigenvalue weighted by Gasteiger charge is -2.23. The summed E-state index contributed by atoms with van der Waals surface area (Å²) in [5.74, 6) is 0.882. The van der Waals surface area contributed by atoms with Crippen LogP contribution in [0.15, 0.2) is 181 Å². The molecule has 0 bridgehead atoms. The second-order valence-electron chi connectivity index (χ2n) is 16.6. The van der Waals surface area contributed by atoms with Crippen LogP contribution in [-0.2, 0) is 10.8 Å². The van der Waals surface area contributed by atoms with Gasteiger partial charge in [-0.15, -0.1) is 0 Å². The minimum Gasteiger partial charge on any atom is -0.340 e. The minimum absolute atomic E-state index is 0.0713. The van der Waals surface area contributed by atoms with Crippen molar-refractivity contribution in [1.29, 1.82) is 0 Å². The molecule has 1 aliphatic rings. The van der Waals surface area contributed by atoms with E-state index in [-0.39, 0.29) is 16.9 Å². The van der Waals surface area contributed by atoms with Gasteiger partial charge in [0.2, 0.25) is 0 Å². The molecule has 2 heterocycles. The fraction of sp³-hybridized carbons (Fsp3) is 0.218. The van der Waals surface area contributed by atoms with Gasteiger partial charge in [-0.2, -0.15) is 0 Å². The molecule has 58 heavy (non-hydrogen) atoms. The Morgan fingerprint density at radius 3 is 1.62 bits per heavy atom. The number of nitrogens with zero attached hydrogens (tertiary/aromatic N) is 2. The maximum Gasteiger partial charge on any atom is 0.133 e. The second-order valence-corrected chi connectivity index (χ2v) is 16.6. The molecule has 1 N–H and O–H groups in total. The molecule has 0 saturated carbocycles. The van der Waals surface area contributed by atoms with Gasteiger partial charge >= 0.3 is 0 Å². The highest BCUT2D eigenvalue weighted by Gasteiger charge is 2.22. The molecule has 0 spiro atoms. The number of hydrogen-bond acceptors (Lipinski definition) is 2. The number of amidine groups is 1. The Balaban J connectivity index is 0.000000754. The highest BCUT2D eigenvalue weighted by Crippen LogP contribution is 2.38. The van der Waals surface area contributed by atoms with Crippen LogP contribution in [0.25, 0.3) is 44.3 Å². The first-order valence-corrected chi connectivity index (χ1v) is 20.7. The van der Waals surface area contributed by atoms with Gasteiger partial charge in [-0.3, -0.25) is 4.99 Å². The van der Waals surface area contributed by atoms with Crippen molar-refractivity contribution in [3.05, 3.63) is 204 Å². The lowest BCUT2D eigenvalue weighted by molar-refractivity contribution is 0.590. The quantitative estimate of drug-likeness (QED) is 0.168. The van der Waals surface area contributed by atoms with Crippen molar-refractivity contribution in [3.63, 3.8) is 0 Å². The van der Waals surface area contributed by atoms with Crippen LogP contribution in [0.3, 0.4) is 0 Å². The van der Waals surface area contributed by atoms with Gasteiger partial charge in [0.05, 0.1) is 17.1 Å². The van der Waals surface area contributed by atoms with E-state index in [4.69, 9.17) is 4.99 Å². The molecule has 8 rings (SSSR count). The number of fused-ring (bicyclic) bond motifs is 3. The fourth-order valence-electron chi connectivity index (χ4n) is 7.31. The largest absolute Gasteiger partial charge is 0.340 e. The molecule has 1 aromatic heterocycles. The van der Waals surface area contributed by atoms with Crippen molar-refractivity contribution in [2.75, 3.05) is 0 Å². The lowest BCUT2D eigenvalue weighted by Crippen LogP contribution is -2.27. The average molecular weight is 762 g/mol. The van der Waals surface area contributed by atoms with E-state index in [2.05, 4.69) is 204 Å². The first-order valence-electron chi connectivity index (χ1n) is 20.7. The summed E-state index contributed by atoms with van der Waals surface area (Å²) in [7, 11) is 0. The number of rotatable bonds is 6. The van der Waals surface area contributed by atoms with E-state index in [1.165, 1.54) is 44.1 Å². The van der Waals surface area contributed by atoms with Gasteiger partial charge < -0.3 is 9.88 Å². The number of benzene rings is 6. The van der Waals surface area contributed by atoms with E-state index in [0.717, 1.165) is 33.9 Å². The zero-order valence-electron chi connectivity index (χ0n) is 35.8. The Morgan fingerprint density at radius 1 is 0.586 bits per heavy atom. The standard InChI is InChI=1S/C48H45N3.C5H8.C2H6/c1-47(2,3)37-22-26-44-40(29-37)41-30-38(48(4,5)6)23-27-45(41)51(44)39-24-20-32(21-25-39)35-18-13-19-36(28-35)43-31-42(33-14-9-7-10-15-33)49-46(50-43)34-16-11-8-12-17-34;1-3-5-4-2;1-2/h7-31,43H,1-6H3,(H,49,50);3-5H,1H2,2H3;1-2H3/b;5-4-;. The summed E-state index contributed by atoms with van der Waals surface area (Å²) in [6, 6.07) is 52.7. The van der Waals surface area contributed by atoms with E-state index < -0.39 is 0 Å². The topological polar surface area (TPSA) is 29.3 Å². The molecule has 0 saturated heterocycles. The molecule has 0 amide bonds. The summed E-state index contributed by atoms with van der Waals surface area (Å²) in [6.45, 7) is 23.2. The second kappa shape index (κ2) is 17.9. The van der Waals surface area contributed by atoms with Gasteiger partial charge in [-0.1, -0.05) is 183 Å².